The molecule has 0 spiro atoms. The van der Waals surface area contributed by atoms with Crippen LogP contribution in [0.1, 0.15) is 168 Å². The van der Waals surface area contributed by atoms with Crippen molar-refractivity contribution in [2.45, 2.75) is 168 Å². The minimum absolute atomic E-state index is 0.997. The highest BCUT2D eigenvalue weighted by Gasteiger charge is 2.14. The van der Waals surface area contributed by atoms with Crippen LogP contribution in [0.3, 0.4) is 0 Å². The molecule has 0 rings (SSSR count). The molecule has 0 radical (unpaired) electrons. The first kappa shape index (κ1) is 37.5. The maximum atomic E-state index is 3.53. The second kappa shape index (κ2) is 26.7. The zero-order chi connectivity index (χ0) is 28.2. The molecule has 0 saturated carbocycles. The molecule has 0 aliphatic rings. The lowest BCUT2D eigenvalue weighted by Gasteiger charge is -2.28. The Labute approximate surface area is 242 Å². The number of hydrogen-bond acceptors (Lipinski definition) is 0. The summed E-state index contributed by atoms with van der Waals surface area (Å²) in [6.45, 7) is 9.13. The lowest BCUT2D eigenvalue weighted by atomic mass is 10.1. The van der Waals surface area contributed by atoms with E-state index < -0.39 is 0 Å². The van der Waals surface area contributed by atoms with Crippen molar-refractivity contribution in [3.63, 3.8) is 0 Å². The van der Waals surface area contributed by atoms with Gasteiger partial charge in [0.25, 0.3) is 0 Å². The lowest BCUT2D eigenvalue weighted by molar-refractivity contribution is -0.885. The Morgan fingerprint density at radius 1 is 0.316 bits per heavy atom. The highest BCUT2D eigenvalue weighted by Crippen LogP contribution is 2.14. The molecule has 226 valence electrons. The normalized spacial score (nSPS) is 12.1. The molecule has 0 aromatic rings. The molecule has 0 aliphatic carbocycles. The van der Waals surface area contributed by atoms with Gasteiger partial charge in [-0.3, -0.25) is 0 Å². The second-order valence-corrected chi connectivity index (χ2v) is 13.8. The van der Waals surface area contributed by atoms with E-state index >= 15 is 0 Å². The fourth-order valence-corrected chi connectivity index (χ4v) is 5.46. The summed E-state index contributed by atoms with van der Waals surface area (Å²) in [6.07, 6.45) is 34.3. The van der Waals surface area contributed by atoms with Crippen LogP contribution in [-0.4, -0.2) is 63.3 Å². The number of hydrogen-bond donors (Lipinski definition) is 0. The highest BCUT2D eigenvalue weighted by atomic mass is 15.3. The molecule has 0 atom stereocenters. The molecule has 0 N–H and O–H groups in total. The van der Waals surface area contributed by atoms with Gasteiger partial charge in [0.2, 0.25) is 0 Å². The molecule has 38 heavy (non-hydrogen) atoms. The van der Waals surface area contributed by atoms with Gasteiger partial charge in [0, 0.05) is 0 Å². The number of quaternary nitrogens is 2. The molecule has 0 aromatic heterocycles. The van der Waals surface area contributed by atoms with Crippen LogP contribution in [0.15, 0.2) is 0 Å². The van der Waals surface area contributed by atoms with Crippen molar-refractivity contribution in [1.29, 1.82) is 0 Å². The maximum Gasteiger partial charge on any atom is 0.140 e. The number of unbranched alkanes of at least 4 members (excludes halogenated alkanes) is 22. The Hall–Kier alpha value is -0.520. The average Bonchev–Trinajstić information content (AvgIpc) is 2.88. The van der Waals surface area contributed by atoms with Crippen LogP contribution in [0.5, 0.6) is 0 Å². The van der Waals surface area contributed by atoms with Gasteiger partial charge < -0.3 is 8.97 Å². The Morgan fingerprint density at radius 2 is 0.526 bits per heavy atom. The summed E-state index contributed by atoms with van der Waals surface area (Å²) >= 11 is 0. The Balaban J connectivity index is 3.66. The van der Waals surface area contributed by atoms with Gasteiger partial charge in [0.15, 0.2) is 0 Å². The van der Waals surface area contributed by atoms with Gasteiger partial charge in [-0.15, -0.1) is 0 Å². The average molecular weight is 535 g/mol. The van der Waals surface area contributed by atoms with Crippen molar-refractivity contribution in [2.24, 2.45) is 0 Å². The van der Waals surface area contributed by atoms with E-state index in [2.05, 4.69) is 53.9 Å². The predicted molar refractivity (Wildman–Crippen MR) is 174 cm³/mol. The van der Waals surface area contributed by atoms with E-state index in [-0.39, 0.29) is 0 Å². The molecular formula is C36H74N2+2. The molecule has 2 nitrogen and oxygen atoms in total. The molecule has 0 aromatic carbocycles. The van der Waals surface area contributed by atoms with Gasteiger partial charge in [-0.1, -0.05) is 142 Å². The molecule has 0 saturated heterocycles. The molecular weight excluding hydrogens is 460 g/mol. The van der Waals surface area contributed by atoms with Crippen molar-refractivity contribution in [3.8, 4) is 11.8 Å². The molecule has 0 bridgehead atoms. The van der Waals surface area contributed by atoms with Crippen molar-refractivity contribution in [1.82, 2.24) is 0 Å². The summed E-state index contributed by atoms with van der Waals surface area (Å²) in [5.41, 5.74) is 0. The molecule has 0 aliphatic heterocycles. The minimum Gasteiger partial charge on any atom is -0.318 e. The summed E-state index contributed by atoms with van der Waals surface area (Å²) in [4.78, 5) is 0. The van der Waals surface area contributed by atoms with Gasteiger partial charge in [-0.05, 0) is 37.5 Å². The van der Waals surface area contributed by atoms with E-state index in [9.17, 15) is 0 Å². The summed E-state index contributed by atoms with van der Waals surface area (Å²) in [5.74, 6) is 7.06. The summed E-state index contributed by atoms with van der Waals surface area (Å²) < 4.78 is 2.11. The zero-order valence-electron chi connectivity index (χ0n) is 27.7. The quantitative estimate of drug-likeness (QED) is 0.0532. The van der Waals surface area contributed by atoms with Gasteiger partial charge in [-0.2, -0.15) is 0 Å². The zero-order valence-corrected chi connectivity index (χ0v) is 27.7. The third-order valence-corrected chi connectivity index (χ3v) is 8.37. The lowest BCUT2D eigenvalue weighted by Crippen LogP contribution is -2.42. The Morgan fingerprint density at radius 3 is 0.763 bits per heavy atom. The standard InChI is InChI=1S/C36H74N2/c1-7-9-11-13-15-17-19-21-23-25-27-29-33-37(3,4)35-31-32-36-38(5,6)34-30-28-26-24-22-20-18-16-14-12-10-8-2/h7-30,33-36H2,1-6H3/q+2. The van der Waals surface area contributed by atoms with Crippen LogP contribution in [-0.2, 0) is 0 Å². The van der Waals surface area contributed by atoms with Crippen molar-refractivity contribution < 1.29 is 8.97 Å². The van der Waals surface area contributed by atoms with Crippen LogP contribution < -0.4 is 0 Å². The SMILES string of the molecule is CCCCCCCCCCCCCC[N+](C)(C)CC#CC[N+](C)(C)CCCCCCCCCCCCCC. The number of rotatable bonds is 28. The van der Waals surface area contributed by atoms with E-state index in [0.29, 0.717) is 0 Å². The maximum absolute atomic E-state index is 3.53. The van der Waals surface area contributed by atoms with Gasteiger partial charge in [0.1, 0.15) is 13.1 Å². The molecule has 0 fully saturated rings. The molecule has 0 amide bonds. The fourth-order valence-electron chi connectivity index (χ4n) is 5.46. The van der Waals surface area contributed by atoms with E-state index in [1.54, 1.807) is 0 Å². The van der Waals surface area contributed by atoms with Gasteiger partial charge >= 0.3 is 0 Å². The molecule has 0 heterocycles. The Kier molecular flexibility index (Phi) is 26.3. The Bertz CT molecular complexity index is 493. The smallest absolute Gasteiger partial charge is 0.140 e. The van der Waals surface area contributed by atoms with E-state index in [1.165, 1.54) is 167 Å². The fraction of sp³-hybridized carbons (Fsp3) is 0.944. The van der Waals surface area contributed by atoms with Crippen LogP contribution >= 0.6 is 0 Å². The van der Waals surface area contributed by atoms with Gasteiger partial charge in [-0.25, -0.2) is 0 Å². The van der Waals surface area contributed by atoms with E-state index in [1.807, 2.05) is 0 Å². The number of nitrogens with zero attached hydrogens (tertiary/aromatic N) is 2. The first-order chi connectivity index (χ1) is 18.3. The highest BCUT2D eigenvalue weighted by molar-refractivity contribution is 4.99. The van der Waals surface area contributed by atoms with Crippen LogP contribution in [0.4, 0.5) is 0 Å². The van der Waals surface area contributed by atoms with Crippen LogP contribution in [0, 0.1) is 11.8 Å². The van der Waals surface area contributed by atoms with Crippen LogP contribution in [0.25, 0.3) is 0 Å². The minimum atomic E-state index is 0.997. The van der Waals surface area contributed by atoms with Crippen molar-refractivity contribution >= 4 is 0 Å². The van der Waals surface area contributed by atoms with Crippen molar-refractivity contribution in [2.75, 3.05) is 54.4 Å². The van der Waals surface area contributed by atoms with Gasteiger partial charge in [0.05, 0.1) is 41.3 Å². The predicted octanol–water partition coefficient (Wildman–Crippen LogP) is 10.5. The second-order valence-electron chi connectivity index (χ2n) is 13.8. The summed E-state index contributed by atoms with van der Waals surface area (Å²) in [7, 11) is 9.44. The first-order valence-corrected chi connectivity index (χ1v) is 17.4. The molecule has 0 unspecified atom stereocenters. The largest absolute Gasteiger partial charge is 0.318 e. The third-order valence-electron chi connectivity index (χ3n) is 8.37. The van der Waals surface area contributed by atoms with E-state index in [0.717, 1.165) is 22.1 Å². The summed E-state index contributed by atoms with van der Waals surface area (Å²) in [6, 6.07) is 0. The van der Waals surface area contributed by atoms with Crippen LogP contribution in [0.2, 0.25) is 0 Å². The third kappa shape index (κ3) is 28.5. The molecule has 2 heteroatoms. The van der Waals surface area contributed by atoms with Crippen molar-refractivity contribution in [3.05, 3.63) is 0 Å². The van der Waals surface area contributed by atoms with E-state index in [4.69, 9.17) is 0 Å². The monoisotopic (exact) mass is 535 g/mol. The summed E-state index contributed by atoms with van der Waals surface area (Å²) in [5, 5.41) is 0. The topological polar surface area (TPSA) is 0 Å². The first-order valence-electron chi connectivity index (χ1n) is 17.4.